The molecule has 5 nitrogen and oxygen atoms in total. The molecular formula is C22H31N5. The maximum absolute atomic E-state index is 4.64. The Morgan fingerprint density at radius 2 is 1.70 bits per heavy atom. The molecule has 0 bridgehead atoms. The molecule has 3 heterocycles. The van der Waals surface area contributed by atoms with Crippen LogP contribution in [0.25, 0.3) is 0 Å². The average Bonchev–Trinajstić information content (AvgIpc) is 3.43. The van der Waals surface area contributed by atoms with Crippen molar-refractivity contribution in [2.75, 3.05) is 26.2 Å². The topological polar surface area (TPSA) is 37.2 Å². The van der Waals surface area contributed by atoms with E-state index in [1.165, 1.54) is 64.0 Å². The van der Waals surface area contributed by atoms with Gasteiger partial charge in [-0.15, -0.1) is 10.2 Å². The fourth-order valence-corrected chi connectivity index (χ4v) is 5.35. The van der Waals surface area contributed by atoms with E-state index in [4.69, 9.17) is 0 Å². The summed E-state index contributed by atoms with van der Waals surface area (Å²) >= 11 is 0. The summed E-state index contributed by atoms with van der Waals surface area (Å²) in [7, 11) is 2.17. The third kappa shape index (κ3) is 3.43. The first-order valence-electron chi connectivity index (χ1n) is 10.7. The first kappa shape index (κ1) is 17.4. The number of fused-ring (bicyclic) bond motifs is 1. The number of piperidine rings is 1. The highest BCUT2D eigenvalue weighted by Crippen LogP contribution is 2.32. The molecule has 144 valence electrons. The van der Waals surface area contributed by atoms with Crippen LogP contribution in [0.3, 0.4) is 0 Å². The van der Waals surface area contributed by atoms with Gasteiger partial charge in [-0.05, 0) is 69.3 Å². The van der Waals surface area contributed by atoms with E-state index in [2.05, 4.69) is 55.9 Å². The summed E-state index contributed by atoms with van der Waals surface area (Å²) in [6.07, 6.45) is 7.58. The van der Waals surface area contributed by atoms with Gasteiger partial charge in [-0.3, -0.25) is 9.80 Å². The van der Waals surface area contributed by atoms with Crippen molar-refractivity contribution in [1.82, 2.24) is 24.6 Å². The second kappa shape index (κ2) is 7.36. The Labute approximate surface area is 162 Å². The smallest absolute Gasteiger partial charge is 0.146 e. The predicted molar refractivity (Wildman–Crippen MR) is 107 cm³/mol. The van der Waals surface area contributed by atoms with Crippen LogP contribution >= 0.6 is 0 Å². The van der Waals surface area contributed by atoms with Gasteiger partial charge in [0.05, 0.1) is 6.54 Å². The highest BCUT2D eigenvalue weighted by atomic mass is 15.3. The third-order valence-electron chi connectivity index (χ3n) is 6.93. The van der Waals surface area contributed by atoms with Crippen molar-refractivity contribution in [3.8, 4) is 0 Å². The Morgan fingerprint density at radius 3 is 2.44 bits per heavy atom. The molecule has 2 fully saturated rings. The van der Waals surface area contributed by atoms with Crippen molar-refractivity contribution in [3.05, 3.63) is 47.0 Å². The Morgan fingerprint density at radius 1 is 0.963 bits per heavy atom. The summed E-state index contributed by atoms with van der Waals surface area (Å²) in [6, 6.07) is 9.65. The second-order valence-corrected chi connectivity index (χ2v) is 8.68. The molecule has 1 aliphatic carbocycles. The summed E-state index contributed by atoms with van der Waals surface area (Å²) < 4.78 is 2.29. The number of likely N-dealkylation sites (tertiary alicyclic amines) is 2. The molecule has 1 aromatic carbocycles. The Hall–Kier alpha value is -1.72. The van der Waals surface area contributed by atoms with Gasteiger partial charge in [0.2, 0.25) is 0 Å². The number of hydrogen-bond acceptors (Lipinski definition) is 4. The van der Waals surface area contributed by atoms with Crippen molar-refractivity contribution in [1.29, 1.82) is 0 Å². The van der Waals surface area contributed by atoms with Crippen LogP contribution in [-0.2, 0) is 26.4 Å². The standard InChI is InChI=1S/C22H31N5/c1-25-21(16-26-10-4-5-11-26)23-24-22(25)19-9-6-12-27(15-19)20-13-17-7-2-3-8-18(17)14-20/h2-3,7-8,19-20H,4-6,9-16H2,1H3. The molecule has 2 aliphatic heterocycles. The van der Waals surface area contributed by atoms with E-state index in [0.717, 1.165) is 18.9 Å². The van der Waals surface area contributed by atoms with Gasteiger partial charge < -0.3 is 4.57 Å². The minimum Gasteiger partial charge on any atom is -0.317 e. The maximum Gasteiger partial charge on any atom is 0.146 e. The summed E-state index contributed by atoms with van der Waals surface area (Å²) in [6.45, 7) is 5.74. The second-order valence-electron chi connectivity index (χ2n) is 8.68. The lowest BCUT2D eigenvalue weighted by molar-refractivity contribution is 0.148. The number of rotatable bonds is 4. The molecular weight excluding hydrogens is 334 g/mol. The van der Waals surface area contributed by atoms with Gasteiger partial charge in [-0.25, -0.2) is 0 Å². The molecule has 2 aromatic rings. The van der Waals surface area contributed by atoms with Crippen LogP contribution in [0, 0.1) is 0 Å². The van der Waals surface area contributed by atoms with Crippen molar-refractivity contribution in [2.45, 2.75) is 57.0 Å². The lowest BCUT2D eigenvalue weighted by Gasteiger charge is -2.36. The zero-order valence-electron chi connectivity index (χ0n) is 16.5. The van der Waals surface area contributed by atoms with Crippen LogP contribution in [0.2, 0.25) is 0 Å². The van der Waals surface area contributed by atoms with E-state index < -0.39 is 0 Å². The molecule has 2 saturated heterocycles. The molecule has 0 radical (unpaired) electrons. The van der Waals surface area contributed by atoms with E-state index >= 15 is 0 Å². The van der Waals surface area contributed by atoms with Gasteiger partial charge in [0.15, 0.2) is 0 Å². The van der Waals surface area contributed by atoms with Crippen molar-refractivity contribution >= 4 is 0 Å². The average molecular weight is 366 g/mol. The number of benzene rings is 1. The molecule has 0 saturated carbocycles. The molecule has 27 heavy (non-hydrogen) atoms. The van der Waals surface area contributed by atoms with E-state index in [1.54, 1.807) is 11.1 Å². The van der Waals surface area contributed by atoms with Crippen LogP contribution in [-0.4, -0.2) is 56.8 Å². The van der Waals surface area contributed by atoms with E-state index in [9.17, 15) is 0 Å². The molecule has 1 aromatic heterocycles. The van der Waals surface area contributed by atoms with Gasteiger partial charge in [0, 0.05) is 25.6 Å². The summed E-state index contributed by atoms with van der Waals surface area (Å²) in [5.74, 6) is 2.86. The third-order valence-corrected chi connectivity index (χ3v) is 6.93. The largest absolute Gasteiger partial charge is 0.317 e. The minimum absolute atomic E-state index is 0.521. The molecule has 0 spiro atoms. The minimum atomic E-state index is 0.521. The highest BCUT2D eigenvalue weighted by Gasteiger charge is 2.32. The quantitative estimate of drug-likeness (QED) is 0.835. The first-order valence-corrected chi connectivity index (χ1v) is 10.7. The van der Waals surface area contributed by atoms with Crippen LogP contribution in [0.1, 0.15) is 54.4 Å². The number of nitrogens with zero attached hydrogens (tertiary/aromatic N) is 5. The van der Waals surface area contributed by atoms with Crippen LogP contribution < -0.4 is 0 Å². The van der Waals surface area contributed by atoms with Gasteiger partial charge in [-0.1, -0.05) is 24.3 Å². The predicted octanol–water partition coefficient (Wildman–Crippen LogP) is 2.76. The van der Waals surface area contributed by atoms with Crippen LogP contribution in [0.4, 0.5) is 0 Å². The fraction of sp³-hybridized carbons (Fsp3) is 0.636. The normalized spacial score (nSPS) is 24.6. The van der Waals surface area contributed by atoms with E-state index in [0.29, 0.717) is 12.0 Å². The Kier molecular flexibility index (Phi) is 4.74. The maximum atomic E-state index is 4.64. The fourth-order valence-electron chi connectivity index (χ4n) is 5.35. The number of aromatic nitrogens is 3. The lowest BCUT2D eigenvalue weighted by atomic mass is 9.95. The molecule has 1 unspecified atom stereocenters. The van der Waals surface area contributed by atoms with Gasteiger partial charge in [0.1, 0.15) is 11.6 Å². The summed E-state index contributed by atoms with van der Waals surface area (Å²) in [5.41, 5.74) is 3.10. The lowest BCUT2D eigenvalue weighted by Crippen LogP contribution is -2.43. The zero-order valence-corrected chi connectivity index (χ0v) is 16.5. The summed E-state index contributed by atoms with van der Waals surface area (Å²) in [4.78, 5) is 5.24. The molecule has 0 N–H and O–H groups in total. The van der Waals surface area contributed by atoms with Gasteiger partial charge in [0.25, 0.3) is 0 Å². The molecule has 5 heteroatoms. The molecule has 5 rings (SSSR count). The van der Waals surface area contributed by atoms with Crippen molar-refractivity contribution in [2.24, 2.45) is 7.05 Å². The first-order chi connectivity index (χ1) is 13.3. The van der Waals surface area contributed by atoms with E-state index in [1.807, 2.05) is 0 Å². The zero-order chi connectivity index (χ0) is 18.2. The van der Waals surface area contributed by atoms with Crippen LogP contribution in [0.5, 0.6) is 0 Å². The number of hydrogen-bond donors (Lipinski definition) is 0. The molecule has 1 atom stereocenters. The van der Waals surface area contributed by atoms with Crippen molar-refractivity contribution in [3.63, 3.8) is 0 Å². The Bertz CT molecular complexity index is 767. The van der Waals surface area contributed by atoms with E-state index in [-0.39, 0.29) is 0 Å². The SMILES string of the molecule is Cn1c(CN2CCCC2)nnc1C1CCCN(C2Cc3ccccc3C2)C1. The van der Waals surface area contributed by atoms with Gasteiger partial charge in [-0.2, -0.15) is 0 Å². The van der Waals surface area contributed by atoms with Crippen molar-refractivity contribution < 1.29 is 0 Å². The highest BCUT2D eigenvalue weighted by molar-refractivity contribution is 5.33. The van der Waals surface area contributed by atoms with Gasteiger partial charge >= 0.3 is 0 Å². The summed E-state index contributed by atoms with van der Waals surface area (Å²) in [5, 5.41) is 9.20. The monoisotopic (exact) mass is 365 g/mol. The van der Waals surface area contributed by atoms with Crippen LogP contribution in [0.15, 0.2) is 24.3 Å². The molecule has 0 amide bonds. The Balaban J connectivity index is 1.27. The molecule has 3 aliphatic rings.